The van der Waals surface area contributed by atoms with Gasteiger partial charge in [0.2, 0.25) is 5.91 Å². The maximum Gasteiger partial charge on any atom is 0.244 e. The van der Waals surface area contributed by atoms with Crippen LogP contribution in [-0.2, 0) is 11.3 Å². The van der Waals surface area contributed by atoms with Crippen LogP contribution in [0, 0.1) is 5.82 Å². The summed E-state index contributed by atoms with van der Waals surface area (Å²) in [6.07, 6.45) is 3.29. The summed E-state index contributed by atoms with van der Waals surface area (Å²) in [6, 6.07) is 14.2. The van der Waals surface area contributed by atoms with Crippen molar-refractivity contribution in [1.82, 2.24) is 5.32 Å². The number of nitrogens with one attached hydrogen (secondary N) is 1. The third-order valence-corrected chi connectivity index (χ3v) is 3.41. The van der Waals surface area contributed by atoms with Crippen molar-refractivity contribution in [2.24, 2.45) is 0 Å². The number of halogens is 1. The Bertz CT molecular complexity index is 642. The van der Waals surface area contributed by atoms with Gasteiger partial charge in [-0.3, -0.25) is 4.79 Å². The minimum absolute atomic E-state index is 0.169. The standard InChI is InChI=1S/C19H20FNO/c1-14(2)17-8-3-15(4-9-17)7-12-19(22)21-13-16-5-10-18(20)11-6-16/h3-12,14H,13H2,1-2H3,(H,21,22). The van der Waals surface area contributed by atoms with E-state index >= 15 is 0 Å². The van der Waals surface area contributed by atoms with E-state index in [1.165, 1.54) is 23.8 Å². The number of rotatable bonds is 5. The Balaban J connectivity index is 1.87. The largest absolute Gasteiger partial charge is 0.348 e. The first kappa shape index (κ1) is 16.0. The molecular weight excluding hydrogens is 277 g/mol. The van der Waals surface area contributed by atoms with Gasteiger partial charge in [0, 0.05) is 12.6 Å². The molecule has 1 amide bonds. The zero-order chi connectivity index (χ0) is 15.9. The fraction of sp³-hybridized carbons (Fsp3) is 0.211. The Morgan fingerprint density at radius 3 is 2.32 bits per heavy atom. The third-order valence-electron chi connectivity index (χ3n) is 3.41. The molecule has 2 rings (SSSR count). The molecule has 22 heavy (non-hydrogen) atoms. The van der Waals surface area contributed by atoms with Gasteiger partial charge in [-0.2, -0.15) is 0 Å². The van der Waals surface area contributed by atoms with Gasteiger partial charge in [-0.05, 0) is 40.8 Å². The Hall–Kier alpha value is -2.42. The lowest BCUT2D eigenvalue weighted by Gasteiger charge is -2.05. The molecule has 2 aromatic rings. The minimum Gasteiger partial charge on any atom is -0.348 e. The highest BCUT2D eigenvalue weighted by atomic mass is 19.1. The molecule has 0 aliphatic carbocycles. The molecule has 2 aromatic carbocycles. The molecule has 0 bridgehead atoms. The second-order valence-electron chi connectivity index (χ2n) is 5.50. The second-order valence-corrected chi connectivity index (χ2v) is 5.50. The van der Waals surface area contributed by atoms with Gasteiger partial charge >= 0.3 is 0 Å². The molecule has 0 heterocycles. The van der Waals surface area contributed by atoms with Crippen LogP contribution in [0.2, 0.25) is 0 Å². The van der Waals surface area contributed by atoms with Gasteiger partial charge in [0.15, 0.2) is 0 Å². The summed E-state index contributed by atoms with van der Waals surface area (Å²) in [5.74, 6) is 0.0501. The summed E-state index contributed by atoms with van der Waals surface area (Å²) in [4.78, 5) is 11.8. The summed E-state index contributed by atoms with van der Waals surface area (Å²) in [5, 5.41) is 2.77. The molecule has 0 fully saturated rings. The van der Waals surface area contributed by atoms with Crippen LogP contribution in [-0.4, -0.2) is 5.91 Å². The Morgan fingerprint density at radius 1 is 1.09 bits per heavy atom. The molecular formula is C19H20FNO. The first-order valence-electron chi connectivity index (χ1n) is 7.35. The molecule has 0 spiro atoms. The predicted octanol–water partition coefficient (Wildman–Crippen LogP) is 4.28. The van der Waals surface area contributed by atoms with E-state index in [1.807, 2.05) is 12.1 Å². The summed E-state index contributed by atoms with van der Waals surface area (Å²) < 4.78 is 12.8. The molecule has 0 radical (unpaired) electrons. The molecule has 0 atom stereocenters. The summed E-state index contributed by atoms with van der Waals surface area (Å²) in [7, 11) is 0. The number of benzene rings is 2. The van der Waals surface area contributed by atoms with Crippen LogP contribution in [0.5, 0.6) is 0 Å². The normalized spacial score (nSPS) is 11.1. The van der Waals surface area contributed by atoms with Crippen molar-refractivity contribution >= 4 is 12.0 Å². The molecule has 0 saturated carbocycles. The maximum absolute atomic E-state index is 12.8. The molecule has 3 heteroatoms. The van der Waals surface area contributed by atoms with Crippen molar-refractivity contribution in [3.63, 3.8) is 0 Å². The van der Waals surface area contributed by atoms with E-state index in [0.29, 0.717) is 12.5 Å². The van der Waals surface area contributed by atoms with E-state index in [9.17, 15) is 9.18 Å². The zero-order valence-corrected chi connectivity index (χ0v) is 12.8. The van der Waals surface area contributed by atoms with Crippen molar-refractivity contribution in [3.05, 3.63) is 77.1 Å². The van der Waals surface area contributed by atoms with Crippen LogP contribution in [0.15, 0.2) is 54.6 Å². The molecule has 0 aliphatic rings. The molecule has 0 saturated heterocycles. The predicted molar refractivity (Wildman–Crippen MR) is 87.8 cm³/mol. The van der Waals surface area contributed by atoms with Crippen molar-refractivity contribution in [2.75, 3.05) is 0 Å². The van der Waals surface area contributed by atoms with Crippen LogP contribution in [0.3, 0.4) is 0 Å². The first-order chi connectivity index (χ1) is 10.5. The van der Waals surface area contributed by atoms with Crippen LogP contribution < -0.4 is 5.32 Å². The van der Waals surface area contributed by atoms with Crippen molar-refractivity contribution < 1.29 is 9.18 Å². The Labute approximate surface area is 130 Å². The summed E-state index contributed by atoms with van der Waals surface area (Å²) in [5.41, 5.74) is 3.13. The van der Waals surface area contributed by atoms with Gasteiger partial charge in [-0.15, -0.1) is 0 Å². The van der Waals surface area contributed by atoms with Gasteiger partial charge in [-0.25, -0.2) is 4.39 Å². The van der Waals surface area contributed by atoms with Gasteiger partial charge < -0.3 is 5.32 Å². The number of carbonyl (C=O) groups excluding carboxylic acids is 1. The molecule has 0 unspecified atom stereocenters. The van der Waals surface area contributed by atoms with Crippen LogP contribution >= 0.6 is 0 Å². The SMILES string of the molecule is CC(C)c1ccc(C=CC(=O)NCc2ccc(F)cc2)cc1. The second kappa shape index (κ2) is 7.55. The number of hydrogen-bond acceptors (Lipinski definition) is 1. The fourth-order valence-corrected chi connectivity index (χ4v) is 2.01. The Morgan fingerprint density at radius 2 is 1.73 bits per heavy atom. The van der Waals surface area contributed by atoms with Crippen LogP contribution in [0.25, 0.3) is 6.08 Å². The average Bonchev–Trinajstić information content (AvgIpc) is 2.52. The Kier molecular flexibility index (Phi) is 5.48. The van der Waals surface area contributed by atoms with Gasteiger partial charge in [0.05, 0.1) is 0 Å². The van der Waals surface area contributed by atoms with E-state index < -0.39 is 0 Å². The zero-order valence-electron chi connectivity index (χ0n) is 12.8. The summed E-state index contributed by atoms with van der Waals surface area (Å²) in [6.45, 7) is 4.68. The number of hydrogen-bond donors (Lipinski definition) is 1. The van der Waals surface area contributed by atoms with E-state index in [0.717, 1.165) is 11.1 Å². The fourth-order valence-electron chi connectivity index (χ4n) is 2.01. The van der Waals surface area contributed by atoms with E-state index in [2.05, 4.69) is 31.3 Å². The van der Waals surface area contributed by atoms with E-state index in [-0.39, 0.29) is 11.7 Å². The van der Waals surface area contributed by atoms with Crippen molar-refractivity contribution in [3.8, 4) is 0 Å². The first-order valence-corrected chi connectivity index (χ1v) is 7.35. The monoisotopic (exact) mass is 297 g/mol. The number of amides is 1. The quantitative estimate of drug-likeness (QED) is 0.820. The van der Waals surface area contributed by atoms with Gasteiger partial charge in [0.25, 0.3) is 0 Å². The van der Waals surface area contributed by atoms with E-state index in [1.54, 1.807) is 18.2 Å². The average molecular weight is 297 g/mol. The molecule has 2 nitrogen and oxygen atoms in total. The maximum atomic E-state index is 12.8. The smallest absolute Gasteiger partial charge is 0.244 e. The van der Waals surface area contributed by atoms with Crippen LogP contribution in [0.1, 0.15) is 36.5 Å². The number of carbonyl (C=O) groups is 1. The highest BCUT2D eigenvalue weighted by molar-refractivity contribution is 5.91. The minimum atomic E-state index is -0.278. The summed E-state index contributed by atoms with van der Waals surface area (Å²) >= 11 is 0. The molecule has 114 valence electrons. The lowest BCUT2D eigenvalue weighted by molar-refractivity contribution is -0.116. The third kappa shape index (κ3) is 4.85. The lowest BCUT2D eigenvalue weighted by Crippen LogP contribution is -2.20. The molecule has 0 aromatic heterocycles. The van der Waals surface area contributed by atoms with Gasteiger partial charge in [-0.1, -0.05) is 50.2 Å². The van der Waals surface area contributed by atoms with Crippen molar-refractivity contribution in [2.45, 2.75) is 26.3 Å². The molecule has 0 aliphatic heterocycles. The van der Waals surface area contributed by atoms with E-state index in [4.69, 9.17) is 0 Å². The highest BCUT2D eigenvalue weighted by Gasteiger charge is 1.99. The van der Waals surface area contributed by atoms with Gasteiger partial charge in [0.1, 0.15) is 5.82 Å². The van der Waals surface area contributed by atoms with Crippen molar-refractivity contribution in [1.29, 1.82) is 0 Å². The highest BCUT2D eigenvalue weighted by Crippen LogP contribution is 2.15. The lowest BCUT2D eigenvalue weighted by atomic mass is 10.0. The molecule has 1 N–H and O–H groups in total. The topological polar surface area (TPSA) is 29.1 Å². The van der Waals surface area contributed by atoms with Crippen LogP contribution in [0.4, 0.5) is 4.39 Å².